The second-order valence-corrected chi connectivity index (χ2v) is 9.37. The Morgan fingerprint density at radius 1 is 1.09 bits per heavy atom. The first-order chi connectivity index (χ1) is 16.5. The zero-order chi connectivity index (χ0) is 25.2. The zero-order valence-corrected chi connectivity index (χ0v) is 19.7. The van der Waals surface area contributed by atoms with Crippen LogP contribution in [0.5, 0.6) is 5.75 Å². The van der Waals surface area contributed by atoms with Crippen LogP contribution in [0.1, 0.15) is 31.2 Å². The number of phenolic OH excluding ortho intramolecular Hbond substituents is 1. The molecule has 0 bridgehead atoms. The Bertz CT molecular complexity index is 1630. The summed E-state index contributed by atoms with van der Waals surface area (Å²) in [5.74, 6) is -0.184. The van der Waals surface area contributed by atoms with E-state index in [-0.39, 0.29) is 23.6 Å². The highest BCUT2D eigenvalue weighted by Gasteiger charge is 2.41. The summed E-state index contributed by atoms with van der Waals surface area (Å²) in [4.78, 5) is 37.4. The second-order valence-electron chi connectivity index (χ2n) is 9.37. The molecular weight excluding hydrogens is 452 g/mol. The summed E-state index contributed by atoms with van der Waals surface area (Å²) in [6.07, 6.45) is -0.958. The monoisotopic (exact) mass is 476 g/mol. The molecule has 0 fully saturated rings. The first-order valence-electron chi connectivity index (χ1n) is 11.0. The molecule has 0 saturated carbocycles. The number of hydrogen-bond acceptors (Lipinski definition) is 6. The van der Waals surface area contributed by atoms with Crippen molar-refractivity contribution in [3.05, 3.63) is 90.7 Å². The maximum absolute atomic E-state index is 13.5. The Balaban J connectivity index is 2.00. The number of aromatic nitrogens is 3. The number of nitro benzene ring substituents is 1. The summed E-state index contributed by atoms with van der Waals surface area (Å²) in [7, 11) is 3.01. The van der Waals surface area contributed by atoms with Crippen LogP contribution in [-0.4, -0.2) is 30.3 Å². The summed E-state index contributed by atoms with van der Waals surface area (Å²) < 4.78 is 10.6. The SMILES string of the molecule is Cn1c(=O)c2c(-c3ccccc3)n3c(c2n(C)c1=O)[C@@H](c1cc([N+](=O)[O-])ccc1O)OCC3(C)C. The summed E-state index contributed by atoms with van der Waals surface area (Å²) in [6, 6.07) is 13.1. The van der Waals surface area contributed by atoms with Crippen LogP contribution in [0.25, 0.3) is 22.2 Å². The number of ether oxygens (including phenoxy) is 1. The molecule has 2 aromatic carbocycles. The molecule has 1 aliphatic rings. The lowest BCUT2D eigenvalue weighted by molar-refractivity contribution is -0.385. The van der Waals surface area contributed by atoms with E-state index in [1.54, 1.807) is 7.05 Å². The zero-order valence-electron chi connectivity index (χ0n) is 19.7. The molecule has 4 aromatic rings. The molecule has 3 heterocycles. The van der Waals surface area contributed by atoms with Crippen LogP contribution in [0.15, 0.2) is 58.1 Å². The predicted molar refractivity (Wildman–Crippen MR) is 130 cm³/mol. The van der Waals surface area contributed by atoms with Gasteiger partial charge in [-0.2, -0.15) is 0 Å². The number of fused-ring (bicyclic) bond motifs is 3. The van der Waals surface area contributed by atoms with E-state index in [4.69, 9.17) is 4.74 Å². The highest BCUT2D eigenvalue weighted by Crippen LogP contribution is 2.47. The van der Waals surface area contributed by atoms with Crippen molar-refractivity contribution in [1.82, 2.24) is 13.7 Å². The van der Waals surface area contributed by atoms with Gasteiger partial charge < -0.3 is 14.4 Å². The second kappa shape index (κ2) is 7.67. The van der Waals surface area contributed by atoms with E-state index in [1.807, 2.05) is 48.7 Å². The van der Waals surface area contributed by atoms with Gasteiger partial charge >= 0.3 is 5.69 Å². The van der Waals surface area contributed by atoms with Gasteiger partial charge in [0.15, 0.2) is 0 Å². The molecule has 0 radical (unpaired) electrons. The van der Waals surface area contributed by atoms with E-state index in [9.17, 15) is 24.8 Å². The molecule has 10 nitrogen and oxygen atoms in total. The van der Waals surface area contributed by atoms with Gasteiger partial charge in [0.1, 0.15) is 11.9 Å². The number of benzene rings is 2. The molecule has 0 aliphatic carbocycles. The Morgan fingerprint density at radius 2 is 1.77 bits per heavy atom. The average molecular weight is 476 g/mol. The quantitative estimate of drug-likeness (QED) is 0.358. The van der Waals surface area contributed by atoms with Crippen molar-refractivity contribution in [1.29, 1.82) is 0 Å². The lowest BCUT2D eigenvalue weighted by Gasteiger charge is -2.39. The van der Waals surface area contributed by atoms with E-state index in [2.05, 4.69) is 0 Å². The predicted octanol–water partition coefficient (Wildman–Crippen LogP) is 3.17. The number of hydrogen-bond donors (Lipinski definition) is 1. The Kier molecular flexibility index (Phi) is 4.95. The summed E-state index contributed by atoms with van der Waals surface area (Å²) in [5, 5.41) is 22.5. The molecule has 0 spiro atoms. The third kappa shape index (κ3) is 3.21. The summed E-state index contributed by atoms with van der Waals surface area (Å²) in [6.45, 7) is 4.10. The van der Waals surface area contributed by atoms with Crippen molar-refractivity contribution in [3.63, 3.8) is 0 Å². The minimum Gasteiger partial charge on any atom is -0.508 e. The van der Waals surface area contributed by atoms with Gasteiger partial charge in [-0.15, -0.1) is 0 Å². The minimum absolute atomic E-state index is 0.183. The smallest absolute Gasteiger partial charge is 0.331 e. The molecule has 2 aromatic heterocycles. The molecule has 1 atom stereocenters. The Labute approximate surface area is 199 Å². The van der Waals surface area contributed by atoms with E-state index in [1.165, 1.54) is 29.8 Å². The van der Waals surface area contributed by atoms with E-state index < -0.39 is 27.8 Å². The lowest BCUT2D eigenvalue weighted by Crippen LogP contribution is -2.40. The van der Waals surface area contributed by atoms with Gasteiger partial charge in [-0.05, 0) is 25.5 Å². The van der Waals surface area contributed by atoms with Crippen LogP contribution in [0.4, 0.5) is 5.69 Å². The molecule has 0 unspecified atom stereocenters. The molecule has 10 heteroatoms. The summed E-state index contributed by atoms with van der Waals surface area (Å²) >= 11 is 0. The van der Waals surface area contributed by atoms with E-state index in [0.717, 1.165) is 10.1 Å². The first kappa shape index (κ1) is 22.6. The van der Waals surface area contributed by atoms with Crippen LogP contribution >= 0.6 is 0 Å². The van der Waals surface area contributed by atoms with Gasteiger partial charge in [-0.3, -0.25) is 24.0 Å². The van der Waals surface area contributed by atoms with Crippen LogP contribution in [-0.2, 0) is 24.4 Å². The largest absolute Gasteiger partial charge is 0.508 e. The Morgan fingerprint density at radius 3 is 2.43 bits per heavy atom. The lowest BCUT2D eigenvalue weighted by atomic mass is 9.97. The Hall–Kier alpha value is -4.18. The summed E-state index contributed by atoms with van der Waals surface area (Å²) in [5.41, 5.74) is 0.593. The fraction of sp³-hybridized carbons (Fsp3) is 0.280. The van der Waals surface area contributed by atoms with Crippen molar-refractivity contribution in [2.75, 3.05) is 6.61 Å². The average Bonchev–Trinajstić information content (AvgIpc) is 3.20. The van der Waals surface area contributed by atoms with Crippen molar-refractivity contribution in [2.24, 2.45) is 14.1 Å². The molecule has 0 saturated heterocycles. The standard InChI is InChI=1S/C25H24N4O6/c1-25(2)13-35-22(16-12-15(29(33)34)10-11-17(16)30)21-20-18(23(31)27(4)24(32)26(20)3)19(28(21)25)14-8-6-5-7-9-14/h5-12,22,30H,13H2,1-4H3/t22-/m1/s1. The molecule has 5 rings (SSSR count). The number of nitro groups is 1. The number of aryl methyl sites for hydroxylation is 1. The fourth-order valence-corrected chi connectivity index (χ4v) is 4.97. The number of aromatic hydroxyl groups is 1. The van der Waals surface area contributed by atoms with Crippen molar-refractivity contribution < 1.29 is 14.8 Å². The van der Waals surface area contributed by atoms with Crippen molar-refractivity contribution >= 4 is 16.6 Å². The van der Waals surface area contributed by atoms with Gasteiger partial charge in [0, 0.05) is 31.8 Å². The van der Waals surface area contributed by atoms with Crippen LogP contribution in [0.3, 0.4) is 0 Å². The number of rotatable bonds is 3. The molecule has 35 heavy (non-hydrogen) atoms. The maximum Gasteiger partial charge on any atom is 0.331 e. The van der Waals surface area contributed by atoms with Crippen molar-refractivity contribution in [3.8, 4) is 17.0 Å². The minimum atomic E-state index is -0.958. The number of non-ortho nitro benzene ring substituents is 1. The fourth-order valence-electron chi connectivity index (χ4n) is 4.97. The molecule has 180 valence electrons. The third-order valence-corrected chi connectivity index (χ3v) is 6.62. The molecular formula is C25H24N4O6. The molecule has 1 N–H and O–H groups in total. The van der Waals surface area contributed by atoms with E-state index in [0.29, 0.717) is 22.3 Å². The topological polar surface area (TPSA) is 122 Å². The first-order valence-corrected chi connectivity index (χ1v) is 11.0. The van der Waals surface area contributed by atoms with Gasteiger partial charge in [-0.1, -0.05) is 30.3 Å². The van der Waals surface area contributed by atoms with Gasteiger partial charge in [0.05, 0.1) is 39.4 Å². The van der Waals surface area contributed by atoms with Crippen LogP contribution < -0.4 is 11.2 Å². The van der Waals surface area contributed by atoms with Crippen molar-refractivity contribution in [2.45, 2.75) is 25.5 Å². The highest BCUT2D eigenvalue weighted by molar-refractivity contribution is 5.96. The van der Waals surface area contributed by atoms with Gasteiger partial charge in [0.25, 0.3) is 11.2 Å². The maximum atomic E-state index is 13.5. The van der Waals surface area contributed by atoms with Gasteiger partial charge in [0.2, 0.25) is 0 Å². The van der Waals surface area contributed by atoms with E-state index >= 15 is 0 Å². The normalized spacial score (nSPS) is 16.9. The van der Waals surface area contributed by atoms with Gasteiger partial charge in [-0.25, -0.2) is 4.79 Å². The van der Waals surface area contributed by atoms with Crippen LogP contribution in [0.2, 0.25) is 0 Å². The number of nitrogens with zero attached hydrogens (tertiary/aromatic N) is 4. The number of phenols is 1. The highest BCUT2D eigenvalue weighted by atomic mass is 16.6. The molecule has 1 aliphatic heterocycles. The third-order valence-electron chi connectivity index (χ3n) is 6.62. The molecule has 0 amide bonds. The van der Waals surface area contributed by atoms with Crippen LogP contribution in [0, 0.1) is 10.1 Å².